The first-order valence-corrected chi connectivity index (χ1v) is 8.34. The molecule has 2 aromatic heterocycles. The number of ether oxygens (including phenoxy) is 1. The summed E-state index contributed by atoms with van der Waals surface area (Å²) in [6.07, 6.45) is 0.646. The van der Waals surface area contributed by atoms with Gasteiger partial charge in [-0.05, 0) is 5.56 Å². The molecule has 2 unspecified atom stereocenters. The van der Waals surface area contributed by atoms with Crippen molar-refractivity contribution >= 4 is 17.0 Å². The van der Waals surface area contributed by atoms with E-state index < -0.39 is 24.5 Å². The van der Waals surface area contributed by atoms with Gasteiger partial charge in [-0.15, -0.1) is 0 Å². The Kier molecular flexibility index (Phi) is 4.51. The number of nitrogens with one attached hydrogen (secondary N) is 1. The van der Waals surface area contributed by atoms with Crippen LogP contribution in [0.15, 0.2) is 43.0 Å². The van der Waals surface area contributed by atoms with Gasteiger partial charge in [-0.2, -0.15) is 0 Å². The van der Waals surface area contributed by atoms with Gasteiger partial charge in [0.25, 0.3) is 0 Å². The van der Waals surface area contributed by atoms with Crippen LogP contribution in [0.5, 0.6) is 0 Å². The van der Waals surface area contributed by atoms with E-state index in [-0.39, 0.29) is 6.61 Å². The second-order valence-corrected chi connectivity index (χ2v) is 6.20. The minimum Gasteiger partial charge on any atom is -0.394 e. The number of aliphatic hydroxyl groups excluding tert-OH is 2. The van der Waals surface area contributed by atoms with Gasteiger partial charge in [0.05, 0.1) is 19.0 Å². The van der Waals surface area contributed by atoms with Crippen molar-refractivity contribution in [2.24, 2.45) is 5.73 Å². The summed E-state index contributed by atoms with van der Waals surface area (Å²) in [5.41, 5.74) is 8.30. The van der Waals surface area contributed by atoms with Gasteiger partial charge in [0, 0.05) is 6.54 Å². The molecule has 1 aliphatic rings. The lowest BCUT2D eigenvalue weighted by atomic mass is 10.1. The molecule has 0 aliphatic carbocycles. The molecular weight excluding hydrogens is 336 g/mol. The first-order valence-electron chi connectivity index (χ1n) is 8.34. The van der Waals surface area contributed by atoms with Crippen molar-refractivity contribution in [2.45, 2.75) is 31.0 Å². The fraction of sp³-hybridized carbons (Fsp3) is 0.353. The molecule has 1 fully saturated rings. The second-order valence-electron chi connectivity index (χ2n) is 6.20. The molecule has 9 heteroatoms. The number of rotatable bonds is 5. The van der Waals surface area contributed by atoms with Crippen LogP contribution in [-0.4, -0.2) is 54.6 Å². The summed E-state index contributed by atoms with van der Waals surface area (Å²) in [5, 5.41) is 22.6. The molecule has 0 radical (unpaired) electrons. The lowest BCUT2D eigenvalue weighted by molar-refractivity contribution is -0.0437. The average Bonchev–Trinajstić information content (AvgIpc) is 3.23. The number of aliphatic hydroxyl groups is 2. The number of nitrogens with two attached hydrogens (primary N) is 1. The van der Waals surface area contributed by atoms with Crippen molar-refractivity contribution in [3.63, 3.8) is 0 Å². The Labute approximate surface area is 149 Å². The van der Waals surface area contributed by atoms with Gasteiger partial charge in [0.2, 0.25) is 0 Å². The van der Waals surface area contributed by atoms with Crippen LogP contribution in [0.25, 0.3) is 11.2 Å². The normalized spacial score (nSPS) is 25.7. The highest BCUT2D eigenvalue weighted by atomic mass is 16.5. The van der Waals surface area contributed by atoms with Crippen LogP contribution >= 0.6 is 0 Å². The Morgan fingerprint density at radius 1 is 1.19 bits per heavy atom. The summed E-state index contributed by atoms with van der Waals surface area (Å²) in [4.78, 5) is 12.9. The highest BCUT2D eigenvalue weighted by molar-refractivity contribution is 5.82. The van der Waals surface area contributed by atoms with Crippen molar-refractivity contribution in [2.75, 3.05) is 11.9 Å². The summed E-state index contributed by atoms with van der Waals surface area (Å²) in [6.45, 7) is 0.293. The van der Waals surface area contributed by atoms with Crippen LogP contribution in [0.4, 0.5) is 5.82 Å². The van der Waals surface area contributed by atoms with Gasteiger partial charge >= 0.3 is 0 Å². The fourth-order valence-electron chi connectivity index (χ4n) is 3.12. The van der Waals surface area contributed by atoms with Crippen LogP contribution in [0.2, 0.25) is 0 Å². The van der Waals surface area contributed by atoms with Crippen molar-refractivity contribution in [1.82, 2.24) is 19.5 Å². The number of aromatic nitrogens is 4. The molecule has 1 saturated heterocycles. The molecule has 0 saturated carbocycles. The van der Waals surface area contributed by atoms with Crippen molar-refractivity contribution in [3.05, 3.63) is 48.5 Å². The number of imidazole rings is 1. The van der Waals surface area contributed by atoms with Crippen LogP contribution in [-0.2, 0) is 11.3 Å². The zero-order valence-electron chi connectivity index (χ0n) is 13.9. The Morgan fingerprint density at radius 3 is 2.73 bits per heavy atom. The molecule has 3 heterocycles. The standard InChI is InChI=1S/C17H20N6O3/c18-12-14(25)11(7-24)26-17(12)23-9-22-13-15(20-8-21-16(13)23)19-6-10-4-2-1-3-5-10/h1-5,8-9,11-12,14,17,24-25H,6-7,18H2,(H,19,20,21)/t11-,12?,14?,17-/m1/s1. The van der Waals surface area contributed by atoms with Crippen molar-refractivity contribution in [3.8, 4) is 0 Å². The molecular formula is C17H20N6O3. The lowest BCUT2D eigenvalue weighted by Crippen LogP contribution is -2.39. The quantitative estimate of drug-likeness (QED) is 0.503. The molecule has 1 aromatic carbocycles. The van der Waals surface area contributed by atoms with E-state index in [1.165, 1.54) is 6.33 Å². The van der Waals surface area contributed by atoms with Crippen LogP contribution < -0.4 is 11.1 Å². The Morgan fingerprint density at radius 2 is 2.00 bits per heavy atom. The number of nitrogens with zero attached hydrogens (tertiary/aromatic N) is 4. The van der Waals surface area contributed by atoms with Crippen molar-refractivity contribution < 1.29 is 14.9 Å². The van der Waals surface area contributed by atoms with Crippen LogP contribution in [0.3, 0.4) is 0 Å². The Balaban J connectivity index is 1.61. The van der Waals surface area contributed by atoms with E-state index in [0.717, 1.165) is 5.56 Å². The molecule has 0 amide bonds. The summed E-state index contributed by atoms with van der Waals surface area (Å²) < 4.78 is 7.33. The van der Waals surface area contributed by atoms with E-state index in [1.54, 1.807) is 10.9 Å². The van der Waals surface area contributed by atoms with E-state index in [4.69, 9.17) is 10.5 Å². The summed E-state index contributed by atoms with van der Waals surface area (Å²) in [6, 6.07) is 9.26. The molecule has 136 valence electrons. The molecule has 4 atom stereocenters. The number of fused-ring (bicyclic) bond motifs is 1. The smallest absolute Gasteiger partial charge is 0.167 e. The SMILES string of the molecule is NC1C(O)[C@@H](CO)O[C@H]1n1cnc2c(NCc3ccccc3)ncnc21. The third kappa shape index (κ3) is 2.90. The predicted molar refractivity (Wildman–Crippen MR) is 94.1 cm³/mol. The highest BCUT2D eigenvalue weighted by Crippen LogP contribution is 2.31. The van der Waals surface area contributed by atoms with E-state index >= 15 is 0 Å². The minimum atomic E-state index is -0.958. The van der Waals surface area contributed by atoms with Gasteiger partial charge in [0.15, 0.2) is 23.2 Å². The molecule has 0 spiro atoms. The molecule has 1 aliphatic heterocycles. The number of hydrogen-bond donors (Lipinski definition) is 4. The maximum absolute atomic E-state index is 10.1. The monoisotopic (exact) mass is 356 g/mol. The first-order chi connectivity index (χ1) is 12.7. The third-order valence-electron chi connectivity index (χ3n) is 4.53. The minimum absolute atomic E-state index is 0.309. The maximum Gasteiger partial charge on any atom is 0.167 e. The van der Waals surface area contributed by atoms with E-state index in [1.807, 2.05) is 30.3 Å². The van der Waals surface area contributed by atoms with Gasteiger partial charge in [-0.1, -0.05) is 30.3 Å². The Bertz CT molecular complexity index is 887. The number of hydrogen-bond acceptors (Lipinski definition) is 8. The van der Waals surface area contributed by atoms with Gasteiger partial charge in [-0.25, -0.2) is 15.0 Å². The highest BCUT2D eigenvalue weighted by Gasteiger charge is 2.42. The largest absolute Gasteiger partial charge is 0.394 e. The number of benzene rings is 1. The Hall–Kier alpha value is -2.59. The average molecular weight is 356 g/mol. The molecule has 0 bridgehead atoms. The van der Waals surface area contributed by atoms with Crippen LogP contribution in [0, 0.1) is 0 Å². The maximum atomic E-state index is 10.1. The molecule has 3 aromatic rings. The zero-order valence-corrected chi connectivity index (χ0v) is 13.9. The summed E-state index contributed by atoms with van der Waals surface area (Å²) >= 11 is 0. The first kappa shape index (κ1) is 16.9. The van der Waals surface area contributed by atoms with Gasteiger partial charge in [0.1, 0.15) is 18.5 Å². The topological polar surface area (TPSA) is 131 Å². The fourth-order valence-corrected chi connectivity index (χ4v) is 3.12. The van der Waals surface area contributed by atoms with E-state index in [9.17, 15) is 10.2 Å². The predicted octanol–water partition coefficient (Wildman–Crippen LogP) is 0.0163. The summed E-state index contributed by atoms with van der Waals surface area (Å²) in [5.74, 6) is 0.600. The molecule has 5 N–H and O–H groups in total. The lowest BCUT2D eigenvalue weighted by Gasteiger charge is -2.17. The molecule has 9 nitrogen and oxygen atoms in total. The molecule has 26 heavy (non-hydrogen) atoms. The summed E-state index contributed by atoms with van der Waals surface area (Å²) in [7, 11) is 0. The van der Waals surface area contributed by atoms with Crippen molar-refractivity contribution in [1.29, 1.82) is 0 Å². The zero-order chi connectivity index (χ0) is 18.1. The molecule has 4 rings (SSSR count). The van der Waals surface area contributed by atoms with Crippen LogP contribution in [0.1, 0.15) is 11.8 Å². The van der Waals surface area contributed by atoms with Gasteiger partial charge < -0.3 is 26.0 Å². The van der Waals surface area contributed by atoms with E-state index in [2.05, 4.69) is 20.3 Å². The van der Waals surface area contributed by atoms with Gasteiger partial charge in [-0.3, -0.25) is 4.57 Å². The van der Waals surface area contributed by atoms with E-state index in [0.29, 0.717) is 23.5 Å². The third-order valence-corrected chi connectivity index (χ3v) is 4.53. The number of anilines is 1. The second kappa shape index (κ2) is 6.96.